The van der Waals surface area contributed by atoms with Crippen LogP contribution in [-0.2, 0) is 4.79 Å². The van der Waals surface area contributed by atoms with Crippen molar-refractivity contribution in [2.75, 3.05) is 31.1 Å². The number of hydrogen-bond acceptors (Lipinski definition) is 9. The number of fused-ring (bicyclic) bond motifs is 2. The van der Waals surface area contributed by atoms with E-state index in [0.29, 0.717) is 36.5 Å². The van der Waals surface area contributed by atoms with Gasteiger partial charge in [-0.05, 0) is 43.9 Å². The highest BCUT2D eigenvalue weighted by atomic mass is 35.5. The van der Waals surface area contributed by atoms with Crippen LogP contribution in [0.4, 0.5) is 10.2 Å². The Balaban J connectivity index is 1.45. The highest BCUT2D eigenvalue weighted by Crippen LogP contribution is 2.50. The van der Waals surface area contributed by atoms with Crippen LogP contribution in [0.15, 0.2) is 42.0 Å². The fourth-order valence-corrected chi connectivity index (χ4v) is 6.66. The quantitative estimate of drug-likeness (QED) is 0.330. The summed E-state index contributed by atoms with van der Waals surface area (Å²) in [5.41, 5.74) is 1.32. The van der Waals surface area contributed by atoms with E-state index in [1.807, 2.05) is 4.90 Å². The molecule has 1 saturated heterocycles. The average Bonchev–Trinajstić information content (AvgIpc) is 3.93. The number of pyridine rings is 1. The number of ether oxygens (including phenoxy) is 1. The molecule has 44 heavy (non-hydrogen) atoms. The number of hydrogen-bond donors (Lipinski definition) is 1. The third-order valence-corrected chi connectivity index (χ3v) is 9.17. The van der Waals surface area contributed by atoms with Gasteiger partial charge in [-0.25, -0.2) is 28.7 Å². The molecule has 8 rings (SSSR count). The molecule has 2 aliphatic carbocycles. The van der Waals surface area contributed by atoms with E-state index >= 15 is 4.39 Å². The van der Waals surface area contributed by atoms with Crippen LogP contribution in [0.5, 0.6) is 11.5 Å². The molecule has 2 aliphatic heterocycles. The topological polar surface area (TPSA) is 127 Å². The second-order valence-electron chi connectivity index (χ2n) is 11.7. The van der Waals surface area contributed by atoms with Crippen LogP contribution in [0.3, 0.4) is 0 Å². The van der Waals surface area contributed by atoms with Crippen LogP contribution in [0.2, 0.25) is 5.02 Å². The van der Waals surface area contributed by atoms with E-state index in [1.165, 1.54) is 28.8 Å². The number of benzene rings is 1. The van der Waals surface area contributed by atoms with E-state index in [-0.39, 0.29) is 63.8 Å². The molecule has 1 amide bonds. The number of aromatic nitrogens is 5. The molecule has 0 unspecified atom stereocenters. The Morgan fingerprint density at radius 1 is 1.11 bits per heavy atom. The van der Waals surface area contributed by atoms with Gasteiger partial charge < -0.3 is 19.6 Å². The lowest BCUT2D eigenvalue weighted by atomic mass is 10.1. The first kappa shape index (κ1) is 27.0. The lowest BCUT2D eigenvalue weighted by Crippen LogP contribution is -2.56. The SMILES string of the molecule is C=CC(=O)N1CCN2c3nc(=O)n(-c4c(C5CC5)ncnc4C4CC4)c4nc(-c5c(O)cccc5F)c(Cl)c(c34)OC[C@H]2C1. The number of rotatable bonds is 5. The summed E-state index contributed by atoms with van der Waals surface area (Å²) in [5.74, 6) is -0.485. The fraction of sp³-hybridized carbons (Fsp3) is 0.355. The van der Waals surface area contributed by atoms with Crippen molar-refractivity contribution >= 4 is 34.4 Å². The zero-order valence-corrected chi connectivity index (χ0v) is 24.3. The summed E-state index contributed by atoms with van der Waals surface area (Å²) in [4.78, 5) is 49.0. The van der Waals surface area contributed by atoms with Gasteiger partial charge in [-0.2, -0.15) is 4.98 Å². The second kappa shape index (κ2) is 9.98. The highest BCUT2D eigenvalue weighted by molar-refractivity contribution is 6.36. The van der Waals surface area contributed by atoms with Gasteiger partial charge in [-0.15, -0.1) is 0 Å². The largest absolute Gasteiger partial charge is 0.507 e. The Bertz CT molecular complexity index is 1910. The Kier molecular flexibility index (Phi) is 6.12. The molecular formula is C31H27ClFN7O4. The first-order chi connectivity index (χ1) is 21.4. The zero-order chi connectivity index (χ0) is 30.3. The molecular weight excluding hydrogens is 589 g/mol. The van der Waals surface area contributed by atoms with Crippen molar-refractivity contribution in [2.45, 2.75) is 43.6 Å². The molecule has 4 aliphatic rings. The first-order valence-electron chi connectivity index (χ1n) is 14.7. The molecule has 3 aromatic heterocycles. The summed E-state index contributed by atoms with van der Waals surface area (Å²) in [6.07, 6.45) is 6.55. The first-order valence-corrected chi connectivity index (χ1v) is 15.0. The maximum atomic E-state index is 15.3. The Hall–Kier alpha value is -4.58. The molecule has 4 aromatic rings. The number of piperazine rings is 1. The fourth-order valence-electron chi connectivity index (χ4n) is 6.37. The summed E-state index contributed by atoms with van der Waals surface area (Å²) in [5, 5.41) is 11.1. The van der Waals surface area contributed by atoms with Gasteiger partial charge in [-0.1, -0.05) is 24.2 Å². The number of phenols is 1. The monoisotopic (exact) mass is 615 g/mol. The minimum Gasteiger partial charge on any atom is -0.507 e. The van der Waals surface area contributed by atoms with Crippen molar-refractivity contribution in [3.63, 3.8) is 0 Å². The predicted molar refractivity (Wildman–Crippen MR) is 160 cm³/mol. The average molecular weight is 616 g/mol. The molecule has 1 atom stereocenters. The Morgan fingerprint density at radius 3 is 2.50 bits per heavy atom. The Morgan fingerprint density at radius 2 is 1.84 bits per heavy atom. The number of halogens is 2. The molecule has 2 saturated carbocycles. The number of carbonyl (C=O) groups is 1. The second-order valence-corrected chi connectivity index (χ2v) is 12.1. The van der Waals surface area contributed by atoms with E-state index in [9.17, 15) is 14.7 Å². The summed E-state index contributed by atoms with van der Waals surface area (Å²) < 4.78 is 23.1. The van der Waals surface area contributed by atoms with E-state index in [1.54, 1.807) is 11.2 Å². The van der Waals surface area contributed by atoms with E-state index in [2.05, 4.69) is 21.5 Å². The van der Waals surface area contributed by atoms with Gasteiger partial charge in [0.25, 0.3) is 0 Å². The van der Waals surface area contributed by atoms with E-state index in [0.717, 1.165) is 37.1 Å². The van der Waals surface area contributed by atoms with Crippen LogP contribution in [0, 0.1) is 5.82 Å². The van der Waals surface area contributed by atoms with Crippen molar-refractivity contribution < 1.29 is 19.0 Å². The third kappa shape index (κ3) is 4.15. The lowest BCUT2D eigenvalue weighted by Gasteiger charge is -2.40. The van der Waals surface area contributed by atoms with Crippen LogP contribution < -0.4 is 15.3 Å². The maximum absolute atomic E-state index is 15.3. The maximum Gasteiger partial charge on any atom is 0.355 e. The number of phenolic OH excluding ortho intramolecular Hbond substituents is 1. The van der Waals surface area contributed by atoms with Gasteiger partial charge in [0.2, 0.25) is 5.91 Å². The smallest absolute Gasteiger partial charge is 0.355 e. The van der Waals surface area contributed by atoms with Gasteiger partial charge >= 0.3 is 5.69 Å². The molecule has 0 radical (unpaired) electrons. The van der Waals surface area contributed by atoms with E-state index < -0.39 is 11.5 Å². The van der Waals surface area contributed by atoms with Gasteiger partial charge in [0.1, 0.15) is 46.4 Å². The molecule has 1 aromatic carbocycles. The number of aromatic hydroxyl groups is 1. The number of anilines is 1. The van der Waals surface area contributed by atoms with Crippen molar-refractivity contribution in [2.24, 2.45) is 0 Å². The summed E-state index contributed by atoms with van der Waals surface area (Å²) in [6, 6.07) is 3.56. The van der Waals surface area contributed by atoms with Crippen molar-refractivity contribution in [3.8, 4) is 28.4 Å². The molecule has 11 nitrogen and oxygen atoms in total. The van der Waals surface area contributed by atoms with Gasteiger partial charge in [0.05, 0.1) is 28.7 Å². The van der Waals surface area contributed by atoms with Gasteiger partial charge in [0.15, 0.2) is 11.4 Å². The van der Waals surface area contributed by atoms with Gasteiger partial charge in [-0.3, -0.25) is 4.79 Å². The predicted octanol–water partition coefficient (Wildman–Crippen LogP) is 4.09. The third-order valence-electron chi connectivity index (χ3n) is 8.82. The number of amides is 1. The molecule has 0 bridgehead atoms. The zero-order valence-electron chi connectivity index (χ0n) is 23.5. The molecule has 13 heteroatoms. The minimum absolute atomic E-state index is 0.0286. The van der Waals surface area contributed by atoms with Crippen LogP contribution in [-0.4, -0.2) is 72.7 Å². The molecule has 3 fully saturated rings. The normalized spacial score (nSPS) is 19.4. The molecule has 5 heterocycles. The van der Waals surface area contributed by atoms with E-state index in [4.69, 9.17) is 21.3 Å². The summed E-state index contributed by atoms with van der Waals surface area (Å²) in [6.45, 7) is 4.77. The number of nitrogens with zero attached hydrogens (tertiary/aromatic N) is 7. The van der Waals surface area contributed by atoms with Crippen molar-refractivity contribution in [3.05, 3.63) is 69.9 Å². The Labute approximate surface area is 255 Å². The molecule has 0 spiro atoms. The standard InChI is InChI=1S/C31H27ClFN7O4/c1-2-20(42)38-10-11-39-17(12-38)13-44-28-22-29(39)37-31(43)40(27-24(15-6-7-15)34-14-35-25(27)16-8-9-16)30(22)36-26(23(28)32)21-18(33)4-3-5-19(21)41/h2-5,14-17,41H,1,6-13H2/t17-/m1/s1. The molecule has 1 N–H and O–H groups in total. The summed E-state index contributed by atoms with van der Waals surface area (Å²) in [7, 11) is 0. The van der Waals surface area contributed by atoms with Crippen molar-refractivity contribution in [1.82, 2.24) is 29.4 Å². The van der Waals surface area contributed by atoms with Crippen LogP contribution >= 0.6 is 11.6 Å². The minimum atomic E-state index is -0.737. The highest BCUT2D eigenvalue weighted by Gasteiger charge is 2.40. The summed E-state index contributed by atoms with van der Waals surface area (Å²) >= 11 is 6.96. The van der Waals surface area contributed by atoms with Crippen molar-refractivity contribution in [1.29, 1.82) is 0 Å². The molecule has 224 valence electrons. The van der Waals surface area contributed by atoms with Crippen LogP contribution in [0.25, 0.3) is 28.0 Å². The van der Waals surface area contributed by atoms with Crippen LogP contribution in [0.1, 0.15) is 48.9 Å². The van der Waals surface area contributed by atoms with Gasteiger partial charge in [0, 0.05) is 31.5 Å². The number of carbonyl (C=O) groups excluding carboxylic acids is 1. The lowest BCUT2D eigenvalue weighted by molar-refractivity contribution is -0.126.